The van der Waals surface area contributed by atoms with Crippen molar-refractivity contribution < 1.29 is 24.2 Å². The summed E-state index contributed by atoms with van der Waals surface area (Å²) in [5.41, 5.74) is 2.71. The fourth-order valence-corrected chi connectivity index (χ4v) is 5.47. The number of carbonyl (C=O) groups is 2. The molecule has 1 saturated heterocycles. The van der Waals surface area contributed by atoms with Crippen molar-refractivity contribution >= 4 is 35.1 Å². The molecule has 0 aromatic carbocycles. The number of carbonyl (C=O) groups excluding carboxylic acids is 2. The van der Waals surface area contributed by atoms with Crippen molar-refractivity contribution in [1.29, 1.82) is 0 Å². The molecule has 0 saturated carbocycles. The van der Waals surface area contributed by atoms with Crippen molar-refractivity contribution in [2.24, 2.45) is 5.92 Å². The third-order valence-electron chi connectivity index (χ3n) is 7.76. The summed E-state index contributed by atoms with van der Waals surface area (Å²) in [5.74, 6) is 0.869. The summed E-state index contributed by atoms with van der Waals surface area (Å²) in [6.07, 6.45) is 5.16. The Bertz CT molecular complexity index is 1720. The van der Waals surface area contributed by atoms with E-state index >= 15 is 0 Å². The number of pyridine rings is 1. The van der Waals surface area contributed by atoms with Gasteiger partial charge in [0.25, 0.3) is 0 Å². The first kappa shape index (κ1) is 33.0. The summed E-state index contributed by atoms with van der Waals surface area (Å²) in [4.78, 5) is 39.1. The van der Waals surface area contributed by atoms with Crippen LogP contribution in [0.4, 0.5) is 21.2 Å². The van der Waals surface area contributed by atoms with Gasteiger partial charge in [0.15, 0.2) is 5.65 Å². The number of imidazole rings is 1. The third-order valence-corrected chi connectivity index (χ3v) is 7.76. The first-order valence-corrected chi connectivity index (χ1v) is 15.8. The molecule has 4 aromatic heterocycles. The average molecular weight is 635 g/mol. The minimum atomic E-state index is -0.741. The number of anilines is 2. The molecule has 248 valence electrons. The normalized spacial score (nSPS) is 17.4. The Kier molecular flexibility index (Phi) is 9.16. The van der Waals surface area contributed by atoms with Crippen LogP contribution in [0.1, 0.15) is 71.7 Å². The number of fused-ring (bicyclic) bond motifs is 2. The minimum absolute atomic E-state index is 0.126. The standard InChI is InChI=1S/C33H46N8O5/c1-9-22-17-35-41-27(40(31(44)46-33(6,7)8)19-24-18-38-13-10-11-21(2)28(38)36-24)15-26(37-29(22)41)34-16-23-12-14-39(20-25(23)42)30(43)45-32(3,4)5/h10-11,13,15,17-18,23,25,42H,9,12,14,16,19-20H2,1-8H3,(H,34,37)/t23-,25+/m1/s1. The van der Waals surface area contributed by atoms with E-state index in [0.29, 0.717) is 48.9 Å². The first-order valence-electron chi connectivity index (χ1n) is 15.8. The molecule has 1 aliphatic heterocycles. The van der Waals surface area contributed by atoms with Gasteiger partial charge in [-0.25, -0.2) is 19.6 Å². The average Bonchev–Trinajstić information content (AvgIpc) is 3.57. The highest BCUT2D eigenvalue weighted by Crippen LogP contribution is 2.28. The van der Waals surface area contributed by atoms with Crippen LogP contribution in [0.5, 0.6) is 0 Å². The Balaban J connectivity index is 1.43. The SMILES string of the molecule is CCc1cnn2c(N(Cc3cn4cccc(C)c4n3)C(=O)OC(C)(C)C)cc(NC[C@H]3CCN(C(=O)OC(C)(C)C)C[C@@H]3O)nc12. The van der Waals surface area contributed by atoms with Crippen molar-refractivity contribution in [3.05, 3.63) is 53.6 Å². The number of aromatic nitrogens is 5. The van der Waals surface area contributed by atoms with Crippen molar-refractivity contribution in [2.45, 2.75) is 92.1 Å². The lowest BCUT2D eigenvalue weighted by Crippen LogP contribution is -2.49. The van der Waals surface area contributed by atoms with Gasteiger partial charge in [-0.15, -0.1) is 0 Å². The zero-order chi connectivity index (χ0) is 33.4. The number of aliphatic hydroxyl groups excluding tert-OH is 1. The first-order chi connectivity index (χ1) is 21.6. The van der Waals surface area contributed by atoms with Crippen LogP contribution in [0, 0.1) is 12.8 Å². The van der Waals surface area contributed by atoms with E-state index in [0.717, 1.165) is 16.8 Å². The quantitative estimate of drug-likeness (QED) is 0.280. The molecular formula is C33H46N8O5. The predicted octanol–water partition coefficient (Wildman–Crippen LogP) is 5.22. The van der Waals surface area contributed by atoms with E-state index in [1.54, 1.807) is 21.7 Å². The lowest BCUT2D eigenvalue weighted by molar-refractivity contribution is -0.0104. The Morgan fingerprint density at radius 2 is 1.85 bits per heavy atom. The second kappa shape index (κ2) is 12.8. The smallest absolute Gasteiger partial charge is 0.416 e. The number of amides is 2. The summed E-state index contributed by atoms with van der Waals surface area (Å²) < 4.78 is 15.0. The maximum Gasteiger partial charge on any atom is 0.416 e. The van der Waals surface area contributed by atoms with Gasteiger partial charge in [-0.05, 0) is 72.9 Å². The molecular weight excluding hydrogens is 588 g/mol. The summed E-state index contributed by atoms with van der Waals surface area (Å²) in [6.45, 7) is 16.2. The fraction of sp³-hybridized carbons (Fsp3) is 0.545. The number of likely N-dealkylation sites (tertiary alicyclic amines) is 1. The van der Waals surface area contributed by atoms with E-state index < -0.39 is 29.5 Å². The molecule has 5 heterocycles. The number of aryl methyl sites for hydroxylation is 2. The van der Waals surface area contributed by atoms with Crippen LogP contribution in [0.15, 0.2) is 36.8 Å². The predicted molar refractivity (Wildman–Crippen MR) is 175 cm³/mol. The van der Waals surface area contributed by atoms with Crippen LogP contribution in [-0.4, -0.2) is 83.1 Å². The van der Waals surface area contributed by atoms with Gasteiger partial charge in [-0.3, -0.25) is 4.90 Å². The van der Waals surface area contributed by atoms with Gasteiger partial charge in [0.05, 0.1) is 31.1 Å². The highest BCUT2D eigenvalue weighted by atomic mass is 16.6. The van der Waals surface area contributed by atoms with Gasteiger partial charge in [0.1, 0.15) is 28.5 Å². The highest BCUT2D eigenvalue weighted by Gasteiger charge is 2.33. The topological polar surface area (TPSA) is 139 Å². The maximum absolute atomic E-state index is 13.8. The number of rotatable bonds is 7. The molecule has 0 radical (unpaired) electrons. The summed E-state index contributed by atoms with van der Waals surface area (Å²) in [5, 5.41) is 18.9. The molecule has 2 atom stereocenters. The summed E-state index contributed by atoms with van der Waals surface area (Å²) in [6, 6.07) is 5.72. The second-order valence-corrected chi connectivity index (χ2v) is 13.9. The zero-order valence-corrected chi connectivity index (χ0v) is 28.1. The van der Waals surface area contributed by atoms with Crippen LogP contribution in [0.3, 0.4) is 0 Å². The number of β-amino-alcohol motifs (C(OH)–C–C–N with tert-alkyl or cyclic N) is 1. The molecule has 46 heavy (non-hydrogen) atoms. The second-order valence-electron chi connectivity index (χ2n) is 13.9. The van der Waals surface area contributed by atoms with Gasteiger partial charge in [0.2, 0.25) is 0 Å². The van der Waals surface area contributed by atoms with Gasteiger partial charge >= 0.3 is 12.2 Å². The van der Waals surface area contributed by atoms with Gasteiger partial charge in [-0.1, -0.05) is 13.0 Å². The number of nitrogens with one attached hydrogen (secondary N) is 1. The van der Waals surface area contributed by atoms with Crippen molar-refractivity contribution in [3.63, 3.8) is 0 Å². The van der Waals surface area contributed by atoms with E-state index in [9.17, 15) is 14.7 Å². The molecule has 2 amide bonds. The van der Waals surface area contributed by atoms with Crippen LogP contribution in [0.2, 0.25) is 0 Å². The molecule has 0 aliphatic carbocycles. The molecule has 13 nitrogen and oxygen atoms in total. The Morgan fingerprint density at radius 3 is 2.50 bits per heavy atom. The van der Waals surface area contributed by atoms with Crippen LogP contribution >= 0.6 is 0 Å². The van der Waals surface area contributed by atoms with E-state index in [1.807, 2.05) is 84.3 Å². The number of hydrogen-bond donors (Lipinski definition) is 2. The van der Waals surface area contributed by atoms with Gasteiger partial charge < -0.3 is 29.2 Å². The van der Waals surface area contributed by atoms with Crippen LogP contribution < -0.4 is 10.2 Å². The van der Waals surface area contributed by atoms with Gasteiger partial charge in [0, 0.05) is 43.0 Å². The number of nitrogens with zero attached hydrogens (tertiary/aromatic N) is 7. The van der Waals surface area contributed by atoms with E-state index in [4.69, 9.17) is 19.4 Å². The van der Waals surface area contributed by atoms with Gasteiger partial charge in [-0.2, -0.15) is 9.61 Å². The number of ether oxygens (including phenoxy) is 2. The van der Waals surface area contributed by atoms with E-state index in [-0.39, 0.29) is 19.0 Å². The van der Waals surface area contributed by atoms with E-state index in [1.165, 1.54) is 4.90 Å². The number of aliphatic hydroxyl groups is 1. The van der Waals surface area contributed by atoms with Crippen molar-refractivity contribution in [2.75, 3.05) is 29.9 Å². The Labute approximate surface area is 269 Å². The lowest BCUT2D eigenvalue weighted by Gasteiger charge is -2.36. The molecule has 13 heteroatoms. The molecule has 0 spiro atoms. The lowest BCUT2D eigenvalue weighted by atomic mass is 9.94. The number of hydrogen-bond acceptors (Lipinski definition) is 9. The minimum Gasteiger partial charge on any atom is -0.444 e. The van der Waals surface area contributed by atoms with E-state index in [2.05, 4.69) is 10.4 Å². The Hall–Kier alpha value is -4.39. The monoisotopic (exact) mass is 634 g/mol. The number of piperidine rings is 1. The van der Waals surface area contributed by atoms with Crippen molar-refractivity contribution in [3.8, 4) is 0 Å². The highest BCUT2D eigenvalue weighted by molar-refractivity contribution is 5.88. The third kappa shape index (κ3) is 7.52. The van der Waals surface area contributed by atoms with Crippen molar-refractivity contribution in [1.82, 2.24) is 28.9 Å². The zero-order valence-electron chi connectivity index (χ0n) is 28.1. The Morgan fingerprint density at radius 1 is 1.11 bits per heavy atom. The molecule has 0 bridgehead atoms. The summed E-state index contributed by atoms with van der Waals surface area (Å²) in [7, 11) is 0. The summed E-state index contributed by atoms with van der Waals surface area (Å²) >= 11 is 0. The molecule has 0 unspecified atom stereocenters. The fourth-order valence-electron chi connectivity index (χ4n) is 5.47. The largest absolute Gasteiger partial charge is 0.444 e. The molecule has 1 fully saturated rings. The molecule has 4 aromatic rings. The van der Waals surface area contributed by atoms with Crippen LogP contribution in [0.25, 0.3) is 11.3 Å². The maximum atomic E-state index is 13.8. The van der Waals surface area contributed by atoms with Crippen LogP contribution in [-0.2, 0) is 22.4 Å². The molecule has 2 N–H and O–H groups in total. The molecule has 5 rings (SSSR count). The molecule has 1 aliphatic rings.